The Morgan fingerprint density at radius 3 is 1.70 bits per heavy atom. The van der Waals surface area contributed by atoms with Gasteiger partial charge in [-0.2, -0.15) is 0 Å². The second kappa shape index (κ2) is 21.7. The van der Waals surface area contributed by atoms with E-state index in [-0.39, 0.29) is 19.2 Å². The Bertz CT molecular complexity index is 307. The number of unbranched alkanes of at least 4 members (excludes halogenated alkanes) is 13. The van der Waals surface area contributed by atoms with Gasteiger partial charge in [0, 0.05) is 13.0 Å². The molecule has 162 valence electrons. The molecule has 0 bridgehead atoms. The zero-order valence-electron chi connectivity index (χ0n) is 18.2. The number of hydrogen-bond donors (Lipinski definition) is 1. The zero-order chi connectivity index (χ0) is 20.0. The molecule has 0 aromatic carbocycles. The SMILES string of the molecule is CCCCCCCCCCCCCCCC(=O)OC[C@@H](O)COCCCC. The fraction of sp³-hybridized carbons (Fsp3) is 0.957. The van der Waals surface area contributed by atoms with Crippen molar-refractivity contribution in [3.63, 3.8) is 0 Å². The summed E-state index contributed by atoms with van der Waals surface area (Å²) >= 11 is 0. The molecule has 0 aliphatic rings. The lowest BCUT2D eigenvalue weighted by molar-refractivity contribution is -0.147. The molecule has 4 heteroatoms. The topological polar surface area (TPSA) is 55.8 Å². The summed E-state index contributed by atoms with van der Waals surface area (Å²) in [5, 5.41) is 9.68. The molecule has 0 saturated carbocycles. The minimum absolute atomic E-state index is 0.0450. The number of carbonyl (C=O) groups excluding carboxylic acids is 1. The standard InChI is InChI=1S/C23H46O4/c1-3-5-7-8-9-10-11-12-13-14-15-16-17-18-23(25)27-21-22(24)20-26-19-6-4-2/h22,24H,3-21H2,1-2H3/t22-/m0/s1. The highest BCUT2D eigenvalue weighted by atomic mass is 16.5. The van der Waals surface area contributed by atoms with Gasteiger partial charge in [0.2, 0.25) is 0 Å². The van der Waals surface area contributed by atoms with Crippen molar-refractivity contribution < 1.29 is 19.4 Å². The second-order valence-corrected chi connectivity index (χ2v) is 7.76. The minimum Gasteiger partial charge on any atom is -0.463 e. The first-order valence-corrected chi connectivity index (χ1v) is 11.6. The Morgan fingerprint density at radius 1 is 0.704 bits per heavy atom. The van der Waals surface area contributed by atoms with E-state index in [9.17, 15) is 9.90 Å². The summed E-state index contributed by atoms with van der Waals surface area (Å²) in [5.74, 6) is -0.203. The van der Waals surface area contributed by atoms with E-state index in [4.69, 9.17) is 9.47 Å². The molecule has 0 saturated heterocycles. The highest BCUT2D eigenvalue weighted by Gasteiger charge is 2.09. The lowest BCUT2D eigenvalue weighted by atomic mass is 10.0. The van der Waals surface area contributed by atoms with Crippen LogP contribution in [-0.4, -0.2) is 37.0 Å². The number of hydrogen-bond acceptors (Lipinski definition) is 4. The second-order valence-electron chi connectivity index (χ2n) is 7.76. The van der Waals surface area contributed by atoms with E-state index in [2.05, 4.69) is 13.8 Å². The van der Waals surface area contributed by atoms with Gasteiger partial charge in [-0.3, -0.25) is 4.79 Å². The molecule has 0 amide bonds. The average Bonchev–Trinajstić information content (AvgIpc) is 2.67. The first-order chi connectivity index (χ1) is 13.2. The molecule has 0 spiro atoms. The van der Waals surface area contributed by atoms with Crippen LogP contribution in [0.2, 0.25) is 0 Å². The Labute approximate surface area is 168 Å². The van der Waals surface area contributed by atoms with E-state index in [1.165, 1.54) is 70.6 Å². The maximum absolute atomic E-state index is 11.7. The number of ether oxygens (including phenoxy) is 2. The van der Waals surface area contributed by atoms with Gasteiger partial charge < -0.3 is 14.6 Å². The lowest BCUT2D eigenvalue weighted by Gasteiger charge is -2.11. The van der Waals surface area contributed by atoms with E-state index < -0.39 is 6.10 Å². The monoisotopic (exact) mass is 386 g/mol. The van der Waals surface area contributed by atoms with E-state index in [1.54, 1.807) is 0 Å². The first-order valence-electron chi connectivity index (χ1n) is 11.6. The fourth-order valence-electron chi connectivity index (χ4n) is 3.06. The van der Waals surface area contributed by atoms with E-state index >= 15 is 0 Å². The number of carbonyl (C=O) groups is 1. The first kappa shape index (κ1) is 26.4. The molecule has 1 N–H and O–H groups in total. The molecule has 0 unspecified atom stereocenters. The predicted molar refractivity (Wildman–Crippen MR) is 113 cm³/mol. The van der Waals surface area contributed by atoms with Crippen molar-refractivity contribution in [1.29, 1.82) is 0 Å². The molecule has 0 aliphatic heterocycles. The van der Waals surface area contributed by atoms with Crippen molar-refractivity contribution in [1.82, 2.24) is 0 Å². The number of aliphatic hydroxyl groups excluding tert-OH is 1. The summed E-state index contributed by atoms with van der Waals surface area (Å²) in [4.78, 5) is 11.7. The maximum Gasteiger partial charge on any atom is 0.305 e. The van der Waals surface area contributed by atoms with Gasteiger partial charge in [0.05, 0.1) is 6.61 Å². The molecule has 0 fully saturated rings. The molecular weight excluding hydrogens is 340 g/mol. The van der Waals surface area contributed by atoms with Crippen LogP contribution in [0.3, 0.4) is 0 Å². The summed E-state index contributed by atoms with van der Waals surface area (Å²) in [6, 6.07) is 0. The quantitative estimate of drug-likeness (QED) is 0.189. The van der Waals surface area contributed by atoms with Gasteiger partial charge in [-0.15, -0.1) is 0 Å². The highest BCUT2D eigenvalue weighted by Crippen LogP contribution is 2.13. The van der Waals surface area contributed by atoms with E-state index in [0.717, 1.165) is 25.7 Å². The van der Waals surface area contributed by atoms with E-state index in [0.29, 0.717) is 13.0 Å². The van der Waals surface area contributed by atoms with Crippen molar-refractivity contribution in [2.45, 2.75) is 123 Å². The van der Waals surface area contributed by atoms with Crippen LogP contribution in [-0.2, 0) is 14.3 Å². The molecular formula is C23H46O4. The van der Waals surface area contributed by atoms with Crippen LogP contribution in [0.4, 0.5) is 0 Å². The molecule has 0 heterocycles. The molecule has 1 atom stereocenters. The Balaban J connectivity index is 3.25. The summed E-state index contributed by atoms with van der Waals surface area (Å²) < 4.78 is 10.4. The van der Waals surface area contributed by atoms with Gasteiger partial charge in [0.1, 0.15) is 12.7 Å². The van der Waals surface area contributed by atoms with Gasteiger partial charge in [-0.05, 0) is 12.8 Å². The fourth-order valence-corrected chi connectivity index (χ4v) is 3.06. The van der Waals surface area contributed by atoms with Crippen molar-refractivity contribution in [2.24, 2.45) is 0 Å². The van der Waals surface area contributed by atoms with Gasteiger partial charge in [0.25, 0.3) is 0 Å². The van der Waals surface area contributed by atoms with Crippen LogP contribution in [0.5, 0.6) is 0 Å². The summed E-state index contributed by atoms with van der Waals surface area (Å²) in [7, 11) is 0. The summed E-state index contributed by atoms with van der Waals surface area (Å²) in [5.41, 5.74) is 0. The average molecular weight is 387 g/mol. The Kier molecular flexibility index (Phi) is 21.2. The molecule has 27 heavy (non-hydrogen) atoms. The summed E-state index contributed by atoms with van der Waals surface area (Å²) in [6.07, 6.45) is 18.7. The Hall–Kier alpha value is -0.610. The third-order valence-corrected chi connectivity index (χ3v) is 4.87. The van der Waals surface area contributed by atoms with Gasteiger partial charge >= 0.3 is 5.97 Å². The third kappa shape index (κ3) is 21.5. The van der Waals surface area contributed by atoms with Crippen LogP contribution >= 0.6 is 0 Å². The number of aliphatic hydroxyl groups is 1. The van der Waals surface area contributed by atoms with Crippen LogP contribution in [0, 0.1) is 0 Å². The van der Waals surface area contributed by atoms with Crippen LogP contribution in [0.15, 0.2) is 0 Å². The van der Waals surface area contributed by atoms with Gasteiger partial charge in [-0.25, -0.2) is 0 Å². The Morgan fingerprint density at radius 2 is 1.19 bits per heavy atom. The number of rotatable bonds is 21. The minimum atomic E-state index is -0.711. The molecule has 0 radical (unpaired) electrons. The van der Waals surface area contributed by atoms with Crippen LogP contribution in [0.25, 0.3) is 0 Å². The van der Waals surface area contributed by atoms with Gasteiger partial charge in [-0.1, -0.05) is 97.3 Å². The van der Waals surface area contributed by atoms with Crippen molar-refractivity contribution >= 4 is 5.97 Å². The third-order valence-electron chi connectivity index (χ3n) is 4.87. The maximum atomic E-state index is 11.7. The van der Waals surface area contributed by atoms with Crippen LogP contribution in [0.1, 0.15) is 117 Å². The van der Waals surface area contributed by atoms with E-state index in [1.807, 2.05) is 0 Å². The van der Waals surface area contributed by atoms with Crippen molar-refractivity contribution in [3.8, 4) is 0 Å². The highest BCUT2D eigenvalue weighted by molar-refractivity contribution is 5.69. The zero-order valence-corrected chi connectivity index (χ0v) is 18.2. The smallest absolute Gasteiger partial charge is 0.305 e. The molecule has 0 aromatic heterocycles. The van der Waals surface area contributed by atoms with Crippen molar-refractivity contribution in [2.75, 3.05) is 19.8 Å². The van der Waals surface area contributed by atoms with Crippen molar-refractivity contribution in [3.05, 3.63) is 0 Å². The summed E-state index contributed by atoms with van der Waals surface area (Å²) in [6.45, 7) is 5.30. The normalized spacial score (nSPS) is 12.3. The van der Waals surface area contributed by atoms with Gasteiger partial charge in [0.15, 0.2) is 0 Å². The predicted octanol–water partition coefficient (Wildman–Crippen LogP) is 6.19. The van der Waals surface area contributed by atoms with Crippen LogP contribution < -0.4 is 0 Å². The molecule has 4 nitrogen and oxygen atoms in total. The largest absolute Gasteiger partial charge is 0.463 e. The molecule has 0 aromatic rings. The lowest BCUT2D eigenvalue weighted by Crippen LogP contribution is -2.24. The number of esters is 1. The molecule has 0 rings (SSSR count). The molecule has 0 aliphatic carbocycles.